The van der Waals surface area contributed by atoms with Gasteiger partial charge in [0, 0.05) is 0 Å². The van der Waals surface area contributed by atoms with Crippen LogP contribution < -0.4 is 4.74 Å². The largest absolute Gasteiger partial charge is 0.504 e. The molecule has 0 saturated carbocycles. The van der Waals surface area contributed by atoms with Crippen LogP contribution in [0.2, 0.25) is 0 Å². The maximum Gasteiger partial charge on any atom is 0.163 e. The molecule has 0 radical (unpaired) electrons. The molecule has 0 saturated heterocycles. The van der Waals surface area contributed by atoms with Crippen molar-refractivity contribution >= 4 is 0 Å². The van der Waals surface area contributed by atoms with E-state index in [2.05, 4.69) is 0 Å². The number of aryl methyl sites for hydroxylation is 2. The van der Waals surface area contributed by atoms with Gasteiger partial charge in [0.1, 0.15) is 0 Å². The molecule has 1 aromatic rings. The third kappa shape index (κ3) is 1.77. The van der Waals surface area contributed by atoms with E-state index in [4.69, 9.17) is 4.74 Å². The Balaban J connectivity index is 3.23. The lowest BCUT2D eigenvalue weighted by atomic mass is 10.1. The van der Waals surface area contributed by atoms with Crippen molar-refractivity contribution in [2.24, 2.45) is 0 Å². The Kier molecular flexibility index (Phi) is 3.18. The van der Waals surface area contributed by atoms with Crippen LogP contribution in [0.4, 0.5) is 0 Å². The molecule has 0 aliphatic carbocycles. The van der Waals surface area contributed by atoms with Gasteiger partial charge in [-0.3, -0.25) is 0 Å². The van der Waals surface area contributed by atoms with Gasteiger partial charge in [0.05, 0.1) is 7.11 Å². The van der Waals surface area contributed by atoms with Crippen LogP contribution >= 0.6 is 0 Å². The lowest BCUT2D eigenvalue weighted by Crippen LogP contribution is -1.93. The fourth-order valence-corrected chi connectivity index (χ4v) is 1.45. The van der Waals surface area contributed by atoms with Crippen molar-refractivity contribution in [2.45, 2.75) is 26.7 Å². The zero-order valence-corrected chi connectivity index (χ0v) is 8.42. The number of phenols is 1. The fraction of sp³-hybridized carbons (Fsp3) is 0.455. The van der Waals surface area contributed by atoms with Gasteiger partial charge >= 0.3 is 0 Å². The highest BCUT2D eigenvalue weighted by atomic mass is 16.5. The molecule has 0 atom stereocenters. The summed E-state index contributed by atoms with van der Waals surface area (Å²) in [6, 6.07) is 3.97. The highest BCUT2D eigenvalue weighted by molar-refractivity contribution is 5.51. The molecule has 2 heteroatoms. The molecule has 0 aliphatic heterocycles. The average Bonchev–Trinajstić information content (AvgIpc) is 2.17. The number of rotatable bonds is 3. The van der Waals surface area contributed by atoms with Crippen molar-refractivity contribution in [3.05, 3.63) is 23.3 Å². The normalized spacial score (nSPS) is 10.1. The first-order valence-electron chi connectivity index (χ1n) is 4.62. The van der Waals surface area contributed by atoms with Crippen LogP contribution in [0.25, 0.3) is 0 Å². The minimum atomic E-state index is 0.296. The smallest absolute Gasteiger partial charge is 0.163 e. The molecular formula is C11H16O2. The molecule has 0 bridgehead atoms. The fourth-order valence-electron chi connectivity index (χ4n) is 1.45. The van der Waals surface area contributed by atoms with Crippen LogP contribution in [0.5, 0.6) is 11.5 Å². The quantitative estimate of drug-likeness (QED) is 0.774. The Morgan fingerprint density at radius 2 is 1.69 bits per heavy atom. The lowest BCUT2D eigenvalue weighted by Gasteiger charge is -2.11. The van der Waals surface area contributed by atoms with Gasteiger partial charge in [-0.2, -0.15) is 0 Å². The summed E-state index contributed by atoms with van der Waals surface area (Å²) in [5.41, 5.74) is 1.99. The molecule has 0 aliphatic rings. The summed E-state index contributed by atoms with van der Waals surface area (Å²) >= 11 is 0. The van der Waals surface area contributed by atoms with Crippen LogP contribution in [-0.2, 0) is 12.8 Å². The van der Waals surface area contributed by atoms with Crippen LogP contribution in [0.15, 0.2) is 12.1 Å². The second kappa shape index (κ2) is 4.17. The molecule has 0 aromatic heterocycles. The first kappa shape index (κ1) is 9.90. The predicted molar refractivity (Wildman–Crippen MR) is 53.4 cm³/mol. The van der Waals surface area contributed by atoms with Crippen molar-refractivity contribution in [1.82, 2.24) is 0 Å². The van der Waals surface area contributed by atoms with E-state index in [9.17, 15) is 5.11 Å². The first-order chi connectivity index (χ1) is 6.24. The molecule has 0 spiro atoms. The van der Waals surface area contributed by atoms with E-state index in [-0.39, 0.29) is 0 Å². The van der Waals surface area contributed by atoms with E-state index in [1.807, 2.05) is 26.0 Å². The minimum Gasteiger partial charge on any atom is -0.504 e. The molecule has 13 heavy (non-hydrogen) atoms. The minimum absolute atomic E-state index is 0.296. The number of benzene rings is 1. The number of ether oxygens (including phenoxy) is 1. The van der Waals surface area contributed by atoms with E-state index in [0.29, 0.717) is 11.5 Å². The number of aromatic hydroxyl groups is 1. The summed E-state index contributed by atoms with van der Waals surface area (Å²) in [5.74, 6) is 0.922. The summed E-state index contributed by atoms with van der Waals surface area (Å²) in [4.78, 5) is 0. The number of phenolic OH excluding ortho intramolecular Hbond substituents is 1. The molecular weight excluding hydrogens is 164 g/mol. The second-order valence-corrected chi connectivity index (χ2v) is 2.97. The topological polar surface area (TPSA) is 29.5 Å². The van der Waals surface area contributed by atoms with Crippen molar-refractivity contribution in [1.29, 1.82) is 0 Å². The van der Waals surface area contributed by atoms with E-state index >= 15 is 0 Å². The molecule has 2 nitrogen and oxygen atoms in total. The number of hydrogen-bond donors (Lipinski definition) is 1. The maximum absolute atomic E-state index is 9.78. The van der Waals surface area contributed by atoms with Gasteiger partial charge in [-0.25, -0.2) is 0 Å². The first-order valence-corrected chi connectivity index (χ1v) is 4.62. The predicted octanol–water partition coefficient (Wildman–Crippen LogP) is 2.53. The van der Waals surface area contributed by atoms with Crippen LogP contribution in [-0.4, -0.2) is 12.2 Å². The van der Waals surface area contributed by atoms with E-state index in [1.54, 1.807) is 7.11 Å². The van der Waals surface area contributed by atoms with Crippen molar-refractivity contribution in [2.75, 3.05) is 7.11 Å². The molecule has 1 rings (SSSR count). The standard InChI is InChI=1S/C11H16O2/c1-4-8-6-7-9(5-2)11(13-3)10(8)12/h6-7,12H,4-5H2,1-3H3. The van der Waals surface area contributed by atoms with Crippen LogP contribution in [0.1, 0.15) is 25.0 Å². The van der Waals surface area contributed by atoms with Gasteiger partial charge in [0.15, 0.2) is 11.5 Å². The third-order valence-corrected chi connectivity index (χ3v) is 2.26. The summed E-state index contributed by atoms with van der Waals surface area (Å²) in [6.07, 6.45) is 1.70. The van der Waals surface area contributed by atoms with Gasteiger partial charge in [-0.05, 0) is 24.0 Å². The average molecular weight is 180 g/mol. The molecule has 0 amide bonds. The number of methoxy groups -OCH3 is 1. The van der Waals surface area contributed by atoms with Crippen LogP contribution in [0.3, 0.4) is 0 Å². The van der Waals surface area contributed by atoms with Crippen molar-refractivity contribution < 1.29 is 9.84 Å². The van der Waals surface area contributed by atoms with Gasteiger partial charge in [-0.15, -0.1) is 0 Å². The Bertz CT molecular complexity index is 292. The Labute approximate surface area is 79.2 Å². The summed E-state index contributed by atoms with van der Waals surface area (Å²) in [6.45, 7) is 4.06. The van der Waals surface area contributed by atoms with E-state index in [0.717, 1.165) is 24.0 Å². The highest BCUT2D eigenvalue weighted by Crippen LogP contribution is 2.34. The Morgan fingerprint density at radius 3 is 2.15 bits per heavy atom. The second-order valence-electron chi connectivity index (χ2n) is 2.97. The molecule has 0 fully saturated rings. The van der Waals surface area contributed by atoms with Crippen LogP contribution in [0, 0.1) is 0 Å². The molecule has 72 valence electrons. The van der Waals surface area contributed by atoms with Gasteiger partial charge < -0.3 is 9.84 Å². The summed E-state index contributed by atoms with van der Waals surface area (Å²) < 4.78 is 5.16. The zero-order valence-electron chi connectivity index (χ0n) is 8.42. The lowest BCUT2D eigenvalue weighted by molar-refractivity contribution is 0.367. The Morgan fingerprint density at radius 1 is 1.15 bits per heavy atom. The van der Waals surface area contributed by atoms with Crippen molar-refractivity contribution in [3.63, 3.8) is 0 Å². The molecule has 1 N–H and O–H groups in total. The zero-order chi connectivity index (χ0) is 9.84. The monoisotopic (exact) mass is 180 g/mol. The summed E-state index contributed by atoms with van der Waals surface area (Å²) in [7, 11) is 1.59. The van der Waals surface area contributed by atoms with Gasteiger partial charge in [0.2, 0.25) is 0 Å². The molecule has 0 unspecified atom stereocenters. The highest BCUT2D eigenvalue weighted by Gasteiger charge is 2.10. The van der Waals surface area contributed by atoms with Crippen molar-refractivity contribution in [3.8, 4) is 11.5 Å². The Hall–Kier alpha value is -1.18. The maximum atomic E-state index is 9.78. The van der Waals surface area contributed by atoms with E-state index < -0.39 is 0 Å². The molecule has 0 heterocycles. The van der Waals surface area contributed by atoms with Gasteiger partial charge in [-0.1, -0.05) is 26.0 Å². The van der Waals surface area contributed by atoms with Gasteiger partial charge in [0.25, 0.3) is 0 Å². The third-order valence-electron chi connectivity index (χ3n) is 2.26. The summed E-state index contributed by atoms with van der Waals surface area (Å²) in [5, 5.41) is 9.78. The SMILES string of the molecule is CCc1ccc(CC)c(OC)c1O. The molecule has 1 aromatic carbocycles. The number of hydrogen-bond acceptors (Lipinski definition) is 2. The van der Waals surface area contributed by atoms with E-state index in [1.165, 1.54) is 0 Å².